The van der Waals surface area contributed by atoms with E-state index in [1.807, 2.05) is 18.2 Å². The summed E-state index contributed by atoms with van der Waals surface area (Å²) in [6.07, 6.45) is 2.38. The van der Waals surface area contributed by atoms with Gasteiger partial charge in [0.1, 0.15) is 0 Å². The fourth-order valence-electron chi connectivity index (χ4n) is 1.88. The molecule has 0 aliphatic heterocycles. The zero-order valence-corrected chi connectivity index (χ0v) is 12.8. The van der Waals surface area contributed by atoms with E-state index in [0.717, 1.165) is 16.0 Å². The number of nitrogens with two attached hydrogens (primary N) is 1. The number of nitrogens with zero attached hydrogens (tertiary/aromatic N) is 1. The smallest absolute Gasteiger partial charge is 0.0479 e. The van der Waals surface area contributed by atoms with E-state index in [9.17, 15) is 0 Å². The molecule has 0 saturated heterocycles. The fraction of sp³-hybridized carbons (Fsp3) is 0.538. The zero-order valence-electron chi connectivity index (χ0n) is 10.4. The van der Waals surface area contributed by atoms with Gasteiger partial charge in [-0.25, -0.2) is 0 Å². The van der Waals surface area contributed by atoms with Crippen LogP contribution in [0, 0.1) is 0 Å². The van der Waals surface area contributed by atoms with Gasteiger partial charge in [-0.2, -0.15) is 0 Å². The molecule has 17 heavy (non-hydrogen) atoms. The molecule has 1 aromatic rings. The van der Waals surface area contributed by atoms with Crippen LogP contribution < -0.4 is 5.73 Å². The van der Waals surface area contributed by atoms with Crippen molar-refractivity contribution in [2.24, 2.45) is 5.73 Å². The van der Waals surface area contributed by atoms with E-state index in [1.54, 1.807) is 0 Å². The number of rotatable bonds is 6. The highest BCUT2D eigenvalue weighted by molar-refractivity contribution is 9.10. The molecule has 96 valence electrons. The van der Waals surface area contributed by atoms with E-state index in [0.29, 0.717) is 6.54 Å². The Balaban J connectivity index is 2.88. The second kappa shape index (κ2) is 7.37. The second-order valence-electron chi connectivity index (χ2n) is 4.25. The van der Waals surface area contributed by atoms with E-state index in [-0.39, 0.29) is 6.04 Å². The van der Waals surface area contributed by atoms with Crippen molar-refractivity contribution in [3.8, 4) is 0 Å². The van der Waals surface area contributed by atoms with Crippen molar-refractivity contribution < 1.29 is 0 Å². The average molecular weight is 320 g/mol. The van der Waals surface area contributed by atoms with Gasteiger partial charge in [0.2, 0.25) is 0 Å². The minimum Gasteiger partial charge on any atom is -0.329 e. The van der Waals surface area contributed by atoms with Crippen LogP contribution in [-0.2, 0) is 0 Å². The van der Waals surface area contributed by atoms with Gasteiger partial charge in [-0.1, -0.05) is 40.9 Å². The lowest BCUT2D eigenvalue weighted by atomic mass is 10.1. The molecular formula is C13H20BrClN2. The van der Waals surface area contributed by atoms with E-state index >= 15 is 0 Å². The quantitative estimate of drug-likeness (QED) is 0.863. The molecule has 0 heterocycles. The van der Waals surface area contributed by atoms with Gasteiger partial charge in [0, 0.05) is 22.1 Å². The highest BCUT2D eigenvalue weighted by Crippen LogP contribution is 2.29. The van der Waals surface area contributed by atoms with Gasteiger partial charge in [0.25, 0.3) is 0 Å². The van der Waals surface area contributed by atoms with Gasteiger partial charge in [0.15, 0.2) is 0 Å². The maximum Gasteiger partial charge on any atom is 0.0479 e. The highest BCUT2D eigenvalue weighted by Gasteiger charge is 2.17. The average Bonchev–Trinajstić information content (AvgIpc) is 2.32. The van der Waals surface area contributed by atoms with Gasteiger partial charge >= 0.3 is 0 Å². The number of hydrogen-bond donors (Lipinski definition) is 1. The molecule has 2 nitrogen and oxygen atoms in total. The van der Waals surface area contributed by atoms with E-state index < -0.39 is 0 Å². The lowest BCUT2D eigenvalue weighted by Crippen LogP contribution is -2.31. The normalized spacial score (nSPS) is 13.1. The molecule has 0 saturated carbocycles. The zero-order chi connectivity index (χ0) is 12.8. The lowest BCUT2D eigenvalue weighted by Gasteiger charge is -2.28. The first-order valence-electron chi connectivity index (χ1n) is 5.95. The first-order valence-corrected chi connectivity index (χ1v) is 7.12. The Hall–Kier alpha value is -0.0900. The van der Waals surface area contributed by atoms with E-state index in [1.165, 1.54) is 18.4 Å². The molecule has 1 unspecified atom stereocenters. The number of benzene rings is 1. The number of halogens is 2. The van der Waals surface area contributed by atoms with Crippen LogP contribution in [0.1, 0.15) is 31.4 Å². The lowest BCUT2D eigenvalue weighted by molar-refractivity contribution is 0.246. The van der Waals surface area contributed by atoms with Gasteiger partial charge < -0.3 is 5.73 Å². The first-order chi connectivity index (χ1) is 8.10. The van der Waals surface area contributed by atoms with Crippen LogP contribution >= 0.6 is 27.5 Å². The molecule has 1 atom stereocenters. The van der Waals surface area contributed by atoms with Crippen molar-refractivity contribution in [1.29, 1.82) is 0 Å². The molecule has 0 bridgehead atoms. The summed E-state index contributed by atoms with van der Waals surface area (Å²) in [4.78, 5) is 2.29. The summed E-state index contributed by atoms with van der Waals surface area (Å²) in [7, 11) is 2.11. The third-order valence-electron chi connectivity index (χ3n) is 2.94. The first kappa shape index (κ1) is 15.0. The van der Waals surface area contributed by atoms with Crippen molar-refractivity contribution in [2.75, 3.05) is 20.1 Å². The van der Waals surface area contributed by atoms with Crippen molar-refractivity contribution >= 4 is 27.5 Å². The molecular weight excluding hydrogens is 300 g/mol. The predicted molar refractivity (Wildman–Crippen MR) is 78.5 cm³/mol. The van der Waals surface area contributed by atoms with E-state index in [2.05, 4.69) is 34.8 Å². The summed E-state index contributed by atoms with van der Waals surface area (Å²) in [6.45, 7) is 3.84. The molecule has 0 aromatic heterocycles. The topological polar surface area (TPSA) is 29.3 Å². The van der Waals surface area contributed by atoms with Crippen LogP contribution in [-0.4, -0.2) is 25.0 Å². The van der Waals surface area contributed by atoms with Crippen molar-refractivity contribution in [3.05, 3.63) is 33.3 Å². The minimum atomic E-state index is 0.217. The standard InChI is InChI=1S/C13H20BrClN2/c1-3-4-7-17(2)13(9-16)11-8-10(15)5-6-12(11)14/h5-6,8,13H,3-4,7,9,16H2,1-2H3. The summed E-state index contributed by atoms with van der Waals surface area (Å²) >= 11 is 9.61. The fourth-order valence-corrected chi connectivity index (χ4v) is 2.57. The van der Waals surface area contributed by atoms with Crippen LogP contribution in [0.25, 0.3) is 0 Å². The van der Waals surface area contributed by atoms with Crippen molar-refractivity contribution in [2.45, 2.75) is 25.8 Å². The summed E-state index contributed by atoms with van der Waals surface area (Å²) in [5.41, 5.74) is 7.06. The van der Waals surface area contributed by atoms with E-state index in [4.69, 9.17) is 17.3 Å². The molecule has 0 radical (unpaired) electrons. The van der Waals surface area contributed by atoms with Crippen LogP contribution in [0.15, 0.2) is 22.7 Å². The summed E-state index contributed by atoms with van der Waals surface area (Å²) in [5.74, 6) is 0. The molecule has 0 amide bonds. The minimum absolute atomic E-state index is 0.217. The monoisotopic (exact) mass is 318 g/mol. The predicted octanol–water partition coefficient (Wildman–Crippen LogP) is 3.83. The maximum atomic E-state index is 6.05. The van der Waals surface area contributed by atoms with Crippen LogP contribution in [0.4, 0.5) is 0 Å². The summed E-state index contributed by atoms with van der Waals surface area (Å²) in [5, 5.41) is 0.755. The Morgan fingerprint density at radius 2 is 2.18 bits per heavy atom. The van der Waals surface area contributed by atoms with Gasteiger partial charge in [-0.3, -0.25) is 4.90 Å². The Morgan fingerprint density at radius 1 is 1.47 bits per heavy atom. The number of unbranched alkanes of at least 4 members (excludes halogenated alkanes) is 1. The molecule has 2 N–H and O–H groups in total. The Morgan fingerprint density at radius 3 is 2.76 bits per heavy atom. The van der Waals surface area contributed by atoms with Gasteiger partial charge in [-0.05, 0) is 43.8 Å². The molecule has 0 spiro atoms. The van der Waals surface area contributed by atoms with Gasteiger partial charge in [0.05, 0.1) is 0 Å². The second-order valence-corrected chi connectivity index (χ2v) is 5.54. The SMILES string of the molecule is CCCCN(C)C(CN)c1cc(Cl)ccc1Br. The molecule has 0 aliphatic carbocycles. The third-order valence-corrected chi connectivity index (χ3v) is 3.89. The Bertz CT molecular complexity index is 357. The molecule has 0 aliphatic rings. The molecule has 1 rings (SSSR count). The summed E-state index contributed by atoms with van der Waals surface area (Å²) < 4.78 is 1.07. The largest absolute Gasteiger partial charge is 0.329 e. The van der Waals surface area contributed by atoms with Crippen LogP contribution in [0.2, 0.25) is 5.02 Å². The Labute approximate surface area is 117 Å². The Kier molecular flexibility index (Phi) is 6.49. The number of likely N-dealkylation sites (N-methyl/N-ethyl adjacent to an activating group) is 1. The third kappa shape index (κ3) is 4.25. The molecule has 1 aromatic carbocycles. The number of hydrogen-bond acceptors (Lipinski definition) is 2. The maximum absolute atomic E-state index is 6.05. The summed E-state index contributed by atoms with van der Waals surface area (Å²) in [6, 6.07) is 6.07. The van der Waals surface area contributed by atoms with Crippen molar-refractivity contribution in [1.82, 2.24) is 4.90 Å². The molecule has 0 fully saturated rings. The van der Waals surface area contributed by atoms with Crippen molar-refractivity contribution in [3.63, 3.8) is 0 Å². The van der Waals surface area contributed by atoms with Crippen LogP contribution in [0.3, 0.4) is 0 Å². The highest BCUT2D eigenvalue weighted by atomic mass is 79.9. The van der Waals surface area contributed by atoms with Crippen LogP contribution in [0.5, 0.6) is 0 Å². The molecule has 4 heteroatoms. The van der Waals surface area contributed by atoms with Gasteiger partial charge in [-0.15, -0.1) is 0 Å².